The van der Waals surface area contributed by atoms with Gasteiger partial charge in [0.1, 0.15) is 0 Å². The molecule has 1 fully saturated rings. The topological polar surface area (TPSA) is 197 Å². The summed E-state index contributed by atoms with van der Waals surface area (Å²) in [5.74, 6) is -3.48. The molecule has 0 aromatic heterocycles. The van der Waals surface area contributed by atoms with E-state index in [-0.39, 0.29) is 29.1 Å². The van der Waals surface area contributed by atoms with E-state index in [0.29, 0.717) is 11.4 Å². The van der Waals surface area contributed by atoms with E-state index in [4.69, 9.17) is 17.3 Å². The Balaban J connectivity index is 1.75. The Hall–Kier alpha value is -3.57. The average Bonchev–Trinajstić information content (AvgIpc) is 3.49. The second-order valence-electron chi connectivity index (χ2n) is 12.1. The van der Waals surface area contributed by atoms with Crippen LogP contribution in [0, 0.1) is 11.3 Å². The number of sulfonamides is 1. The maximum Gasteiger partial charge on any atom is 0.416 e. The molecule has 4 atom stereocenters. The third-order valence-corrected chi connectivity index (χ3v) is 9.66. The Kier molecular flexibility index (Phi) is 11.5. The number of Topliss-reactive ketones (excluding diaryl/α,β-unsaturated/α-hetero) is 2. The predicted molar refractivity (Wildman–Crippen MR) is 167 cm³/mol. The molecule has 0 spiro atoms. The molecule has 47 heavy (non-hydrogen) atoms. The lowest BCUT2D eigenvalue weighted by atomic mass is 9.71. The molecule has 3 amide bonds. The molecule has 1 aliphatic rings. The van der Waals surface area contributed by atoms with E-state index in [0.717, 1.165) is 0 Å². The number of carbonyl (C=O) groups is 4. The summed E-state index contributed by atoms with van der Waals surface area (Å²) in [5.41, 5.74) is 2.83. The standard InChI is InChI=1S/C30H37ClF3N5O7S/c1-16(2)21(24(41)30(32,33)34)38-26(43)29(14-5-15-36-29)25(42)22(35)28(3,4)23(40)17-6-10-19(11-7-17)37-27(44)39-47(45,46)20-12-8-18(31)9-13-20/h6-13,16,21-22,24,36,41H,5,14-15,35H2,1-4H3,(H,38,43)(H2,37,39,44)/t21?,22-,24?,29+/m1/s1. The van der Waals surface area contributed by atoms with Gasteiger partial charge in [-0.3, -0.25) is 19.7 Å². The summed E-state index contributed by atoms with van der Waals surface area (Å²) in [4.78, 5) is 53.0. The number of benzene rings is 2. The Morgan fingerprint density at radius 3 is 2.09 bits per heavy atom. The molecule has 0 radical (unpaired) electrons. The van der Waals surface area contributed by atoms with Gasteiger partial charge in [-0.1, -0.05) is 39.3 Å². The lowest BCUT2D eigenvalue weighted by molar-refractivity contribution is -0.215. The van der Waals surface area contributed by atoms with E-state index >= 15 is 0 Å². The van der Waals surface area contributed by atoms with Crippen molar-refractivity contribution in [1.82, 2.24) is 15.4 Å². The number of hydrogen-bond acceptors (Lipinski definition) is 9. The van der Waals surface area contributed by atoms with Gasteiger partial charge < -0.3 is 21.5 Å². The van der Waals surface area contributed by atoms with Crippen molar-refractivity contribution in [2.45, 2.75) is 75.3 Å². The summed E-state index contributed by atoms with van der Waals surface area (Å²) in [6.07, 6.45) is -7.70. The summed E-state index contributed by atoms with van der Waals surface area (Å²) < 4.78 is 66.7. The van der Waals surface area contributed by atoms with Gasteiger partial charge in [-0.15, -0.1) is 0 Å². The second kappa shape index (κ2) is 14.3. The van der Waals surface area contributed by atoms with E-state index in [1.54, 1.807) is 0 Å². The van der Waals surface area contributed by atoms with Crippen molar-refractivity contribution < 1.29 is 45.9 Å². The first-order chi connectivity index (χ1) is 21.6. The highest BCUT2D eigenvalue weighted by atomic mass is 35.5. The van der Waals surface area contributed by atoms with Crippen LogP contribution >= 0.6 is 11.6 Å². The van der Waals surface area contributed by atoms with E-state index in [2.05, 4.69) is 16.0 Å². The number of alkyl halides is 3. The maximum absolute atomic E-state index is 13.8. The van der Waals surface area contributed by atoms with Crippen LogP contribution in [0.25, 0.3) is 0 Å². The summed E-state index contributed by atoms with van der Waals surface area (Å²) in [5, 5.41) is 17.5. The third kappa shape index (κ3) is 8.48. The van der Waals surface area contributed by atoms with Crippen LogP contribution in [0.1, 0.15) is 50.9 Å². The summed E-state index contributed by atoms with van der Waals surface area (Å²) in [7, 11) is -4.21. The molecule has 7 N–H and O–H groups in total. The molecule has 1 aliphatic heterocycles. The maximum atomic E-state index is 13.8. The third-order valence-electron chi connectivity index (χ3n) is 8.06. The largest absolute Gasteiger partial charge is 0.416 e. The minimum Gasteiger partial charge on any atom is -0.382 e. The highest BCUT2D eigenvalue weighted by molar-refractivity contribution is 7.90. The van der Waals surface area contributed by atoms with Crippen LogP contribution in [-0.2, 0) is 19.6 Å². The minimum absolute atomic E-state index is 0.0593. The van der Waals surface area contributed by atoms with Crippen molar-refractivity contribution in [2.75, 3.05) is 11.9 Å². The summed E-state index contributed by atoms with van der Waals surface area (Å²) >= 11 is 5.77. The minimum atomic E-state index is -5.03. The number of hydrogen-bond donors (Lipinski definition) is 6. The first kappa shape index (κ1) is 37.9. The number of anilines is 1. The van der Waals surface area contributed by atoms with Crippen molar-refractivity contribution in [1.29, 1.82) is 0 Å². The molecule has 1 heterocycles. The lowest BCUT2D eigenvalue weighted by Crippen LogP contribution is -2.68. The first-order valence-electron chi connectivity index (χ1n) is 14.5. The lowest BCUT2D eigenvalue weighted by Gasteiger charge is -2.37. The highest BCUT2D eigenvalue weighted by Crippen LogP contribution is 2.33. The van der Waals surface area contributed by atoms with Gasteiger partial charge in [0.05, 0.1) is 22.4 Å². The smallest absolute Gasteiger partial charge is 0.382 e. The first-order valence-corrected chi connectivity index (χ1v) is 16.3. The van der Waals surface area contributed by atoms with E-state index in [9.17, 15) is 45.9 Å². The van der Waals surface area contributed by atoms with Gasteiger partial charge in [-0.05, 0) is 73.8 Å². The zero-order chi connectivity index (χ0) is 35.5. The summed E-state index contributed by atoms with van der Waals surface area (Å²) in [6.45, 7) is 5.69. The number of amides is 3. The fourth-order valence-electron chi connectivity index (χ4n) is 5.11. The van der Waals surface area contributed by atoms with Gasteiger partial charge in [-0.2, -0.15) is 13.2 Å². The van der Waals surface area contributed by atoms with Crippen molar-refractivity contribution in [3.05, 3.63) is 59.1 Å². The monoisotopic (exact) mass is 703 g/mol. The van der Waals surface area contributed by atoms with Crippen LogP contribution in [0.5, 0.6) is 0 Å². The van der Waals surface area contributed by atoms with Crippen molar-refractivity contribution in [3.63, 3.8) is 0 Å². The fraction of sp³-hybridized carbons (Fsp3) is 0.467. The number of aliphatic hydroxyl groups is 1. The SMILES string of the molecule is CC(C)C(NC(=O)[C@@]1(C(=O)[C@@H](N)C(C)(C)C(=O)c2ccc(NC(=O)NS(=O)(=O)c3ccc(Cl)cc3)cc2)CCCN1)C(O)C(F)(F)F. The molecule has 0 saturated carbocycles. The van der Waals surface area contributed by atoms with Gasteiger partial charge in [-0.25, -0.2) is 17.9 Å². The van der Waals surface area contributed by atoms with Crippen molar-refractivity contribution >= 4 is 50.8 Å². The van der Waals surface area contributed by atoms with Crippen LogP contribution < -0.4 is 26.4 Å². The molecule has 2 unspecified atom stereocenters. The molecule has 1 saturated heterocycles. The number of halogens is 4. The molecule has 0 aliphatic carbocycles. The molecule has 0 bridgehead atoms. The van der Waals surface area contributed by atoms with Gasteiger partial charge in [0.25, 0.3) is 10.0 Å². The number of urea groups is 1. The number of aliphatic hydroxyl groups excluding tert-OH is 1. The number of carbonyl (C=O) groups excluding carboxylic acids is 4. The Morgan fingerprint density at radius 2 is 1.60 bits per heavy atom. The number of rotatable bonds is 12. The zero-order valence-electron chi connectivity index (χ0n) is 25.9. The second-order valence-corrected chi connectivity index (χ2v) is 14.3. The highest BCUT2D eigenvalue weighted by Gasteiger charge is 2.55. The quantitative estimate of drug-likeness (QED) is 0.142. The normalized spacial score (nSPS) is 19.0. The molecular formula is C30H37ClF3N5O7S. The van der Waals surface area contributed by atoms with Crippen LogP contribution in [0.15, 0.2) is 53.4 Å². The predicted octanol–water partition coefficient (Wildman–Crippen LogP) is 3.14. The molecule has 2 aromatic carbocycles. The average molecular weight is 704 g/mol. The van der Waals surface area contributed by atoms with Gasteiger partial charge in [0.2, 0.25) is 5.91 Å². The van der Waals surface area contributed by atoms with Crippen LogP contribution in [-0.4, -0.2) is 73.5 Å². The van der Waals surface area contributed by atoms with Crippen molar-refractivity contribution in [3.8, 4) is 0 Å². The molecule has 258 valence electrons. The van der Waals surface area contributed by atoms with Crippen LogP contribution in [0.3, 0.4) is 0 Å². The fourth-order valence-corrected chi connectivity index (χ4v) is 6.14. The molecule has 3 rings (SSSR count). The molecule has 17 heteroatoms. The van der Waals surface area contributed by atoms with Gasteiger partial charge in [0.15, 0.2) is 23.2 Å². The zero-order valence-corrected chi connectivity index (χ0v) is 27.5. The van der Waals surface area contributed by atoms with Crippen LogP contribution in [0.4, 0.5) is 23.7 Å². The molecule has 2 aromatic rings. The molecular weight excluding hydrogens is 667 g/mol. The molecule has 12 nitrogen and oxygen atoms in total. The Labute approximate surface area is 275 Å². The Morgan fingerprint density at radius 1 is 1.02 bits per heavy atom. The van der Waals surface area contributed by atoms with Gasteiger partial charge in [0, 0.05) is 16.3 Å². The van der Waals surface area contributed by atoms with E-state index in [1.807, 2.05) is 4.72 Å². The Bertz CT molecular complexity index is 1590. The van der Waals surface area contributed by atoms with E-state index in [1.165, 1.54) is 76.2 Å². The van der Waals surface area contributed by atoms with Gasteiger partial charge >= 0.3 is 12.2 Å². The summed E-state index contributed by atoms with van der Waals surface area (Å²) in [6, 6.07) is 5.94. The van der Waals surface area contributed by atoms with Crippen molar-refractivity contribution in [2.24, 2.45) is 17.1 Å². The van der Waals surface area contributed by atoms with E-state index < -0.39 is 74.8 Å². The number of ketones is 2. The number of nitrogens with one attached hydrogen (secondary N) is 4. The number of nitrogens with two attached hydrogens (primary N) is 1. The van der Waals surface area contributed by atoms with Crippen LogP contribution in [0.2, 0.25) is 5.02 Å².